The Kier molecular flexibility index (Phi) is 12.8. The smallest absolute Gasteiger partial charge is 0.338 e. The van der Waals surface area contributed by atoms with Crippen molar-refractivity contribution in [2.75, 3.05) is 34.0 Å². The molecule has 2 amide bonds. The van der Waals surface area contributed by atoms with Crippen molar-refractivity contribution in [1.29, 1.82) is 0 Å². The summed E-state index contributed by atoms with van der Waals surface area (Å²) in [6.07, 6.45) is 0.330. The van der Waals surface area contributed by atoms with Crippen LogP contribution in [0.5, 0.6) is 23.0 Å². The molecule has 1 heterocycles. The first-order chi connectivity index (χ1) is 23.7. The molecular weight excluding hydrogens is 636 g/mol. The van der Waals surface area contributed by atoms with Gasteiger partial charge in [-0.1, -0.05) is 18.2 Å². The number of hydrogen-bond donors (Lipinski definition) is 4. The van der Waals surface area contributed by atoms with Crippen molar-refractivity contribution in [3.05, 3.63) is 94.2 Å². The molecule has 4 rings (SSSR count). The second kappa shape index (κ2) is 17.4. The van der Waals surface area contributed by atoms with Crippen LogP contribution in [0, 0.1) is 0 Å². The molecule has 0 fully saturated rings. The van der Waals surface area contributed by atoms with Crippen molar-refractivity contribution in [2.24, 2.45) is 5.10 Å². The number of nitrogens with zero attached hydrogens (tertiary/aromatic N) is 1. The molecule has 260 valence electrons. The van der Waals surface area contributed by atoms with E-state index in [1.165, 1.54) is 20.4 Å². The van der Waals surface area contributed by atoms with E-state index in [9.17, 15) is 19.5 Å². The Morgan fingerprint density at radius 3 is 2.35 bits per heavy atom. The number of nitrogens with one attached hydrogen (secondary N) is 3. The fourth-order valence-corrected chi connectivity index (χ4v) is 4.82. The standard InChI is InChI=1S/C35H40N4O10/c1-6-46-29-17-25(32-31(34(42)45-5)21(3)37-35(43)38-32)13-15-27(29)49-20-30(40)39-36-18-23-10-14-26(28(16-23)44-4)48-19-22-8-11-24(12-9-22)33(41)47-7-2/h8-18,30,32,39-40H,6-7,19-20H2,1-5H3,(H2,37,38,43)/b36-18+/t30-,32-/m1/s1. The molecule has 0 saturated heterocycles. The van der Waals surface area contributed by atoms with Gasteiger partial charge < -0.3 is 44.2 Å². The number of hydrazone groups is 1. The zero-order valence-corrected chi connectivity index (χ0v) is 27.9. The average Bonchev–Trinajstić information content (AvgIpc) is 3.10. The Hall–Kier alpha value is -5.76. The largest absolute Gasteiger partial charge is 0.493 e. The highest BCUT2D eigenvalue weighted by molar-refractivity contribution is 5.95. The number of urea groups is 1. The lowest BCUT2D eigenvalue weighted by atomic mass is 9.95. The van der Waals surface area contributed by atoms with E-state index in [1.54, 1.807) is 81.4 Å². The number of aliphatic hydroxyl groups excluding tert-OH is 1. The molecule has 0 bridgehead atoms. The first kappa shape index (κ1) is 36.1. The molecule has 14 heteroatoms. The van der Waals surface area contributed by atoms with Crippen LogP contribution in [-0.4, -0.2) is 69.6 Å². The maximum Gasteiger partial charge on any atom is 0.338 e. The van der Waals surface area contributed by atoms with E-state index in [-0.39, 0.29) is 24.8 Å². The third kappa shape index (κ3) is 9.64. The van der Waals surface area contributed by atoms with Gasteiger partial charge in [-0.15, -0.1) is 0 Å². The molecule has 1 aliphatic heterocycles. The molecule has 49 heavy (non-hydrogen) atoms. The van der Waals surface area contributed by atoms with E-state index in [4.69, 9.17) is 28.4 Å². The molecule has 0 radical (unpaired) electrons. The number of carbonyl (C=O) groups is 3. The summed E-state index contributed by atoms with van der Waals surface area (Å²) in [5.41, 5.74) is 5.84. The predicted octanol–water partition coefficient (Wildman–Crippen LogP) is 3.97. The van der Waals surface area contributed by atoms with Crippen molar-refractivity contribution < 1.29 is 47.9 Å². The Morgan fingerprint density at radius 1 is 0.918 bits per heavy atom. The van der Waals surface area contributed by atoms with Gasteiger partial charge in [0, 0.05) is 5.70 Å². The van der Waals surface area contributed by atoms with Crippen molar-refractivity contribution in [3.63, 3.8) is 0 Å². The molecule has 0 aromatic heterocycles. The molecule has 1 aliphatic rings. The highest BCUT2D eigenvalue weighted by Gasteiger charge is 2.32. The van der Waals surface area contributed by atoms with Crippen LogP contribution in [0.4, 0.5) is 4.79 Å². The van der Waals surface area contributed by atoms with Crippen LogP contribution in [0.3, 0.4) is 0 Å². The zero-order valence-electron chi connectivity index (χ0n) is 27.9. The van der Waals surface area contributed by atoms with Gasteiger partial charge in [0.1, 0.15) is 13.2 Å². The molecule has 0 saturated carbocycles. The van der Waals surface area contributed by atoms with Gasteiger partial charge in [-0.2, -0.15) is 5.10 Å². The van der Waals surface area contributed by atoms with Gasteiger partial charge >= 0.3 is 18.0 Å². The molecule has 14 nitrogen and oxygen atoms in total. The quantitative estimate of drug-likeness (QED) is 0.0748. The SMILES string of the molecule is CCOC(=O)c1ccc(COc2ccc(/C=N/N[C@H](O)COc3ccc([C@H]4NC(=O)NC(C)=C4C(=O)OC)cc3OCC)cc2OC)cc1. The number of aliphatic hydroxyl groups is 1. The van der Waals surface area contributed by atoms with Gasteiger partial charge in [0.15, 0.2) is 29.2 Å². The van der Waals surface area contributed by atoms with Crippen LogP contribution in [-0.2, 0) is 20.9 Å². The lowest BCUT2D eigenvalue weighted by molar-refractivity contribution is -0.136. The summed E-state index contributed by atoms with van der Waals surface area (Å²) in [6.45, 7) is 5.89. The van der Waals surface area contributed by atoms with Gasteiger partial charge in [0.05, 0.1) is 50.8 Å². The number of amides is 2. The van der Waals surface area contributed by atoms with Crippen LogP contribution in [0.15, 0.2) is 77.0 Å². The second-order valence-corrected chi connectivity index (χ2v) is 10.5. The Balaban J connectivity index is 1.33. The van der Waals surface area contributed by atoms with Crippen molar-refractivity contribution in [1.82, 2.24) is 16.1 Å². The minimum absolute atomic E-state index is 0.176. The summed E-state index contributed by atoms with van der Waals surface area (Å²) in [7, 11) is 2.79. The van der Waals surface area contributed by atoms with Crippen LogP contribution in [0.25, 0.3) is 0 Å². The van der Waals surface area contributed by atoms with Gasteiger partial charge in [-0.25, -0.2) is 14.4 Å². The number of benzene rings is 3. The van der Waals surface area contributed by atoms with Gasteiger partial charge in [-0.3, -0.25) is 5.43 Å². The predicted molar refractivity (Wildman–Crippen MR) is 179 cm³/mol. The normalized spacial score (nSPS) is 14.7. The summed E-state index contributed by atoms with van der Waals surface area (Å²) < 4.78 is 32.9. The summed E-state index contributed by atoms with van der Waals surface area (Å²) >= 11 is 0. The third-order valence-corrected chi connectivity index (χ3v) is 7.16. The van der Waals surface area contributed by atoms with Crippen LogP contribution >= 0.6 is 0 Å². The van der Waals surface area contributed by atoms with E-state index in [0.717, 1.165) is 5.56 Å². The summed E-state index contributed by atoms with van der Waals surface area (Å²) in [5, 5.41) is 19.9. The number of rotatable bonds is 16. The monoisotopic (exact) mass is 676 g/mol. The number of methoxy groups -OCH3 is 2. The third-order valence-electron chi connectivity index (χ3n) is 7.16. The van der Waals surface area contributed by atoms with Crippen LogP contribution in [0.2, 0.25) is 0 Å². The van der Waals surface area contributed by atoms with Gasteiger partial charge in [-0.05, 0) is 79.9 Å². The van der Waals surface area contributed by atoms with Crippen molar-refractivity contribution in [2.45, 2.75) is 39.6 Å². The topological polar surface area (TPSA) is 175 Å². The Bertz CT molecular complexity index is 1690. The van der Waals surface area contributed by atoms with Crippen LogP contribution < -0.4 is 35.0 Å². The van der Waals surface area contributed by atoms with Gasteiger partial charge in [0.25, 0.3) is 0 Å². The lowest BCUT2D eigenvalue weighted by Crippen LogP contribution is -2.45. The fraction of sp³-hybridized carbons (Fsp3) is 0.314. The minimum atomic E-state index is -1.18. The molecule has 0 aliphatic carbocycles. The maximum absolute atomic E-state index is 12.5. The van der Waals surface area contributed by atoms with E-state index >= 15 is 0 Å². The molecule has 0 spiro atoms. The highest BCUT2D eigenvalue weighted by Crippen LogP contribution is 2.35. The Labute approximate surface area is 284 Å². The number of carbonyl (C=O) groups excluding carboxylic acids is 3. The number of ether oxygens (including phenoxy) is 6. The summed E-state index contributed by atoms with van der Waals surface area (Å²) in [6, 6.07) is 16.0. The average molecular weight is 677 g/mol. The first-order valence-corrected chi connectivity index (χ1v) is 15.5. The zero-order chi connectivity index (χ0) is 35.3. The van der Waals surface area contributed by atoms with Gasteiger partial charge in [0.2, 0.25) is 0 Å². The van der Waals surface area contributed by atoms with E-state index in [1.807, 2.05) is 0 Å². The highest BCUT2D eigenvalue weighted by atomic mass is 16.5. The summed E-state index contributed by atoms with van der Waals surface area (Å²) in [4.78, 5) is 36.5. The van der Waals surface area contributed by atoms with Crippen molar-refractivity contribution >= 4 is 24.2 Å². The molecule has 4 N–H and O–H groups in total. The summed E-state index contributed by atoms with van der Waals surface area (Å²) in [5.74, 6) is 0.737. The number of esters is 2. The van der Waals surface area contributed by atoms with E-state index < -0.39 is 24.3 Å². The van der Waals surface area contributed by atoms with E-state index in [0.29, 0.717) is 58.6 Å². The van der Waals surface area contributed by atoms with E-state index in [2.05, 4.69) is 21.2 Å². The second-order valence-electron chi connectivity index (χ2n) is 10.5. The van der Waals surface area contributed by atoms with Crippen molar-refractivity contribution in [3.8, 4) is 23.0 Å². The Morgan fingerprint density at radius 2 is 1.65 bits per heavy atom. The minimum Gasteiger partial charge on any atom is -0.493 e. The number of allylic oxidation sites excluding steroid dienone is 1. The lowest BCUT2D eigenvalue weighted by Gasteiger charge is -2.28. The fourth-order valence-electron chi connectivity index (χ4n) is 4.82. The maximum atomic E-state index is 12.5. The molecule has 0 unspecified atom stereocenters. The first-order valence-electron chi connectivity index (χ1n) is 15.5. The van der Waals surface area contributed by atoms with Crippen LogP contribution in [0.1, 0.15) is 53.9 Å². The number of hydrogen-bond acceptors (Lipinski definition) is 12. The molecular formula is C35H40N4O10. The molecule has 3 aromatic rings. The molecule has 3 aromatic carbocycles. The molecule has 2 atom stereocenters.